The lowest BCUT2D eigenvalue weighted by Crippen LogP contribution is -2.42. The zero-order valence-corrected chi connectivity index (χ0v) is 16.9. The molecule has 1 aliphatic heterocycles. The Labute approximate surface area is 179 Å². The zero-order valence-electron chi connectivity index (χ0n) is 16.1. The number of allylic oxidation sites excluding steroid dienone is 1. The van der Waals surface area contributed by atoms with Crippen molar-refractivity contribution in [1.29, 1.82) is 0 Å². The van der Waals surface area contributed by atoms with E-state index in [0.717, 1.165) is 5.56 Å². The summed E-state index contributed by atoms with van der Waals surface area (Å²) in [5.41, 5.74) is 0.0498. The number of aliphatic hydroxyl groups is 1. The average molecular weight is 422 g/mol. The fourth-order valence-corrected chi connectivity index (χ4v) is 3.85. The molecule has 2 heterocycles. The summed E-state index contributed by atoms with van der Waals surface area (Å²) >= 11 is 6.13. The molecule has 1 aromatic heterocycles. The molecule has 152 valence electrons. The first kappa shape index (κ1) is 20.1. The number of amides is 1. The van der Waals surface area contributed by atoms with E-state index in [-0.39, 0.29) is 6.42 Å². The van der Waals surface area contributed by atoms with E-state index in [0.29, 0.717) is 35.0 Å². The second-order valence-corrected chi connectivity index (χ2v) is 7.64. The number of furan rings is 1. The van der Waals surface area contributed by atoms with Crippen LogP contribution in [0, 0.1) is 0 Å². The third kappa shape index (κ3) is 3.95. The van der Waals surface area contributed by atoms with Crippen molar-refractivity contribution in [3.63, 3.8) is 0 Å². The third-order valence-corrected chi connectivity index (χ3v) is 5.40. The van der Waals surface area contributed by atoms with Crippen molar-refractivity contribution in [1.82, 2.24) is 0 Å². The Hall–Kier alpha value is -3.15. The van der Waals surface area contributed by atoms with Crippen molar-refractivity contribution in [3.05, 3.63) is 94.9 Å². The van der Waals surface area contributed by atoms with E-state index in [1.165, 1.54) is 23.3 Å². The molecule has 30 heavy (non-hydrogen) atoms. The molecule has 3 aromatic rings. The van der Waals surface area contributed by atoms with E-state index in [9.17, 15) is 14.7 Å². The van der Waals surface area contributed by atoms with Crippen LogP contribution in [0.1, 0.15) is 23.3 Å². The molecule has 0 spiro atoms. The normalized spacial score (nSPS) is 18.2. The Morgan fingerprint density at radius 3 is 2.67 bits per heavy atom. The second-order valence-electron chi connectivity index (χ2n) is 7.21. The Balaban J connectivity index is 1.58. The summed E-state index contributed by atoms with van der Waals surface area (Å²) in [5.74, 6) is -0.394. The van der Waals surface area contributed by atoms with E-state index < -0.39 is 17.3 Å². The summed E-state index contributed by atoms with van der Waals surface area (Å²) in [5, 5.41) is 11.7. The highest BCUT2D eigenvalue weighted by molar-refractivity contribution is 6.31. The Bertz CT molecular complexity index is 1090. The van der Waals surface area contributed by atoms with Gasteiger partial charge in [-0.2, -0.15) is 0 Å². The number of fused-ring (bicyclic) bond motifs is 1. The summed E-state index contributed by atoms with van der Waals surface area (Å²) in [6.45, 7) is 0.385. The average Bonchev–Trinajstić information content (AvgIpc) is 3.33. The predicted octanol–water partition coefficient (Wildman–Crippen LogP) is 4.38. The molecule has 4 rings (SSSR count). The number of benzene rings is 2. The SMILES string of the molecule is O=C(/C=C/c1ccco1)CC1(O)C(=O)N(CCc2ccccc2)c2ccc(Cl)cc21. The maximum absolute atomic E-state index is 13.2. The van der Waals surface area contributed by atoms with Gasteiger partial charge in [-0.3, -0.25) is 9.59 Å². The summed E-state index contributed by atoms with van der Waals surface area (Å²) in [6.07, 6.45) is 4.56. The number of hydrogen-bond acceptors (Lipinski definition) is 4. The number of carbonyl (C=O) groups excluding carboxylic acids is 2. The van der Waals surface area contributed by atoms with Gasteiger partial charge in [0.15, 0.2) is 11.4 Å². The van der Waals surface area contributed by atoms with Crippen LogP contribution in [-0.4, -0.2) is 23.3 Å². The molecule has 6 heteroatoms. The number of anilines is 1. The number of carbonyl (C=O) groups is 2. The van der Waals surface area contributed by atoms with Crippen LogP contribution >= 0.6 is 11.6 Å². The van der Waals surface area contributed by atoms with Gasteiger partial charge in [-0.05, 0) is 54.5 Å². The molecule has 0 radical (unpaired) electrons. The minimum absolute atomic E-state index is 0.354. The molecule has 0 saturated heterocycles. The van der Waals surface area contributed by atoms with Gasteiger partial charge in [0.25, 0.3) is 5.91 Å². The maximum atomic E-state index is 13.2. The van der Waals surface area contributed by atoms with Gasteiger partial charge in [0.2, 0.25) is 0 Å². The fraction of sp³-hybridized carbons (Fsp3) is 0.167. The van der Waals surface area contributed by atoms with Gasteiger partial charge >= 0.3 is 0 Å². The van der Waals surface area contributed by atoms with Crippen LogP contribution in [-0.2, 0) is 21.6 Å². The van der Waals surface area contributed by atoms with Crippen molar-refractivity contribution in [2.24, 2.45) is 0 Å². The van der Waals surface area contributed by atoms with Gasteiger partial charge in [-0.1, -0.05) is 41.9 Å². The second kappa shape index (κ2) is 8.30. The minimum Gasteiger partial charge on any atom is -0.465 e. The third-order valence-electron chi connectivity index (χ3n) is 5.17. The fourth-order valence-electron chi connectivity index (χ4n) is 3.67. The van der Waals surface area contributed by atoms with Gasteiger partial charge in [0, 0.05) is 17.1 Å². The molecule has 1 aliphatic rings. The Morgan fingerprint density at radius 2 is 1.93 bits per heavy atom. The van der Waals surface area contributed by atoms with Crippen molar-refractivity contribution in [2.45, 2.75) is 18.4 Å². The lowest BCUT2D eigenvalue weighted by atomic mass is 9.90. The topological polar surface area (TPSA) is 70.7 Å². The highest BCUT2D eigenvalue weighted by Gasteiger charge is 2.50. The quantitative estimate of drug-likeness (QED) is 0.574. The van der Waals surface area contributed by atoms with Crippen molar-refractivity contribution < 1.29 is 19.1 Å². The minimum atomic E-state index is -1.96. The van der Waals surface area contributed by atoms with Gasteiger partial charge < -0.3 is 14.4 Å². The zero-order chi connectivity index (χ0) is 21.1. The number of rotatable bonds is 7. The molecular weight excluding hydrogens is 402 g/mol. The maximum Gasteiger partial charge on any atom is 0.264 e. The standard InChI is InChI=1S/C24H20ClNO4/c25-18-8-11-22-21(15-18)24(29,16-19(27)9-10-20-7-4-14-30-20)23(28)26(22)13-12-17-5-2-1-3-6-17/h1-11,14-15,29H,12-13,16H2/b10-9+. The smallest absolute Gasteiger partial charge is 0.264 e. The highest BCUT2D eigenvalue weighted by atomic mass is 35.5. The lowest BCUT2D eigenvalue weighted by molar-refractivity contribution is -0.140. The Kier molecular flexibility index (Phi) is 5.57. The summed E-state index contributed by atoms with van der Waals surface area (Å²) in [4.78, 5) is 27.3. The highest BCUT2D eigenvalue weighted by Crippen LogP contribution is 2.43. The van der Waals surface area contributed by atoms with Crippen LogP contribution in [0.5, 0.6) is 0 Å². The lowest BCUT2D eigenvalue weighted by Gasteiger charge is -2.22. The largest absolute Gasteiger partial charge is 0.465 e. The van der Waals surface area contributed by atoms with Crippen molar-refractivity contribution in [2.75, 3.05) is 11.4 Å². The van der Waals surface area contributed by atoms with E-state index in [1.807, 2.05) is 30.3 Å². The summed E-state index contributed by atoms with van der Waals surface area (Å²) in [7, 11) is 0. The molecule has 0 saturated carbocycles. The molecule has 1 atom stereocenters. The molecule has 1 unspecified atom stereocenters. The van der Waals surface area contributed by atoms with Crippen LogP contribution in [0.3, 0.4) is 0 Å². The van der Waals surface area contributed by atoms with Crippen LogP contribution in [0.15, 0.2) is 77.4 Å². The predicted molar refractivity (Wildman–Crippen MR) is 115 cm³/mol. The summed E-state index contributed by atoms with van der Waals surface area (Å²) < 4.78 is 5.17. The molecule has 0 fully saturated rings. The monoisotopic (exact) mass is 421 g/mol. The molecule has 0 aliphatic carbocycles. The number of nitrogens with zero attached hydrogens (tertiary/aromatic N) is 1. The number of hydrogen-bond donors (Lipinski definition) is 1. The molecule has 5 nitrogen and oxygen atoms in total. The number of ketones is 1. The van der Waals surface area contributed by atoms with Gasteiger partial charge in [-0.15, -0.1) is 0 Å². The van der Waals surface area contributed by atoms with E-state index >= 15 is 0 Å². The first-order valence-electron chi connectivity index (χ1n) is 9.60. The van der Waals surface area contributed by atoms with Gasteiger partial charge in [0.1, 0.15) is 5.76 Å². The first-order valence-corrected chi connectivity index (χ1v) is 9.98. The van der Waals surface area contributed by atoms with Crippen LogP contribution in [0.4, 0.5) is 5.69 Å². The van der Waals surface area contributed by atoms with Gasteiger partial charge in [-0.25, -0.2) is 0 Å². The van der Waals surface area contributed by atoms with E-state index in [4.69, 9.17) is 16.0 Å². The van der Waals surface area contributed by atoms with Crippen molar-refractivity contribution in [3.8, 4) is 0 Å². The number of halogens is 1. The Morgan fingerprint density at radius 1 is 1.13 bits per heavy atom. The van der Waals surface area contributed by atoms with Crippen LogP contribution < -0.4 is 4.90 Å². The van der Waals surface area contributed by atoms with Crippen molar-refractivity contribution >= 4 is 35.1 Å². The molecule has 2 aromatic carbocycles. The molecule has 0 bridgehead atoms. The molecular formula is C24H20ClNO4. The summed E-state index contributed by atoms with van der Waals surface area (Å²) in [6, 6.07) is 18.1. The van der Waals surface area contributed by atoms with E-state index in [2.05, 4.69) is 0 Å². The van der Waals surface area contributed by atoms with Crippen LogP contribution in [0.25, 0.3) is 6.08 Å². The van der Waals surface area contributed by atoms with Gasteiger partial charge in [0.05, 0.1) is 18.4 Å². The first-order chi connectivity index (χ1) is 14.5. The van der Waals surface area contributed by atoms with Crippen LogP contribution in [0.2, 0.25) is 5.02 Å². The molecule has 1 amide bonds. The van der Waals surface area contributed by atoms with E-state index in [1.54, 1.807) is 30.3 Å². The molecule has 1 N–H and O–H groups in total.